The Balaban J connectivity index is 1.18. The smallest absolute Gasteiger partial charge is 0.253 e. The van der Waals surface area contributed by atoms with Gasteiger partial charge in [-0.15, -0.1) is 0 Å². The van der Waals surface area contributed by atoms with E-state index in [1.165, 1.54) is 16.8 Å². The summed E-state index contributed by atoms with van der Waals surface area (Å²) < 4.78 is 5.14. The van der Waals surface area contributed by atoms with E-state index in [4.69, 9.17) is 15.7 Å². The number of hydrogen-bond donors (Lipinski definition) is 3. The molecule has 1 atom stereocenters. The fraction of sp³-hybridized carbons (Fsp3) is 0.0882. The van der Waals surface area contributed by atoms with Crippen LogP contribution in [0.25, 0.3) is 39.7 Å². The fourth-order valence-corrected chi connectivity index (χ4v) is 6.11. The summed E-state index contributed by atoms with van der Waals surface area (Å²) in [6.07, 6.45) is 10.3. The zero-order valence-electron chi connectivity index (χ0n) is 24.7. The van der Waals surface area contributed by atoms with Crippen LogP contribution in [0.3, 0.4) is 0 Å². The molecule has 4 N–H and O–H groups in total. The molecule has 0 spiro atoms. The van der Waals surface area contributed by atoms with Crippen molar-refractivity contribution in [3.8, 4) is 34.3 Å². The zero-order chi connectivity index (χ0) is 32.1. The number of carbonyl (C=O) groups excluding carboxylic acids is 2. The van der Waals surface area contributed by atoms with Crippen LogP contribution in [-0.2, 0) is 6.42 Å². The van der Waals surface area contributed by atoms with Gasteiger partial charge in [-0.3, -0.25) is 14.2 Å². The minimum absolute atomic E-state index is 0.0180. The minimum atomic E-state index is -0.383. The van der Waals surface area contributed by atoms with E-state index in [9.17, 15) is 14.7 Å². The third-order valence-electron chi connectivity index (χ3n) is 8.34. The Morgan fingerprint density at radius 1 is 0.957 bits per heavy atom. The lowest BCUT2D eigenvalue weighted by Crippen LogP contribution is -2.28. The maximum absolute atomic E-state index is 13.7. The summed E-state index contributed by atoms with van der Waals surface area (Å²) in [7, 11) is 0. The number of aldehydes is 1. The van der Waals surface area contributed by atoms with E-state index in [0.717, 1.165) is 23.2 Å². The number of nitrogens with two attached hydrogens (primary N) is 1. The van der Waals surface area contributed by atoms with Gasteiger partial charge in [0, 0.05) is 42.7 Å². The van der Waals surface area contributed by atoms with E-state index in [2.05, 4.69) is 26.6 Å². The van der Waals surface area contributed by atoms with E-state index < -0.39 is 0 Å². The highest BCUT2D eigenvalue weighted by Gasteiger charge is 2.28. The van der Waals surface area contributed by atoms with Gasteiger partial charge in [-0.25, -0.2) is 24.3 Å². The maximum Gasteiger partial charge on any atom is 0.253 e. The van der Waals surface area contributed by atoms with Crippen molar-refractivity contribution in [1.29, 1.82) is 0 Å². The summed E-state index contributed by atoms with van der Waals surface area (Å²) in [6, 6.07) is 19.6. The van der Waals surface area contributed by atoms with Gasteiger partial charge in [0.05, 0.1) is 28.4 Å². The van der Waals surface area contributed by atoms with Gasteiger partial charge >= 0.3 is 0 Å². The van der Waals surface area contributed by atoms with Crippen LogP contribution < -0.4 is 11.1 Å². The highest BCUT2D eigenvalue weighted by Crippen LogP contribution is 2.36. The maximum atomic E-state index is 13.7. The van der Waals surface area contributed by atoms with Crippen molar-refractivity contribution in [2.75, 3.05) is 5.73 Å². The molecule has 13 heteroatoms. The van der Waals surface area contributed by atoms with Gasteiger partial charge in [-0.1, -0.05) is 6.07 Å². The first-order valence-corrected chi connectivity index (χ1v) is 14.8. The normalized spacial score (nSPS) is 13.9. The molecule has 0 fully saturated rings. The highest BCUT2D eigenvalue weighted by atomic mass is 16.3. The number of nitrogen functional groups attached to an aromatic ring is 1. The van der Waals surface area contributed by atoms with Gasteiger partial charge < -0.3 is 16.2 Å². The van der Waals surface area contributed by atoms with E-state index in [1.54, 1.807) is 35.5 Å². The third kappa shape index (κ3) is 4.77. The van der Waals surface area contributed by atoms with Crippen molar-refractivity contribution in [2.45, 2.75) is 18.9 Å². The lowest BCUT2D eigenvalue weighted by Gasteiger charge is -2.17. The summed E-state index contributed by atoms with van der Waals surface area (Å²) in [4.78, 5) is 39.4. The number of anilines is 1. The monoisotopic (exact) mass is 622 g/mol. The standard InChI is InChI=1S/C34H26N10O3/c35-31-24(4-1-11-36-31)32-39-27-9-10-30(43-15-3-13-38-43)41-33(27)44(32)22-6-7-23-20(16-22)5-8-26(23)40-34(47)25-17-21(19-45)29(46)18-28(25)42-14-2-12-37-42/h1-4,6-7,9-19,26,46H,5,8H2,(H2,35,36)(H,40,47)/t26-/m0/s1. The summed E-state index contributed by atoms with van der Waals surface area (Å²) in [5, 5.41) is 22.0. The van der Waals surface area contributed by atoms with Crippen molar-refractivity contribution < 1.29 is 14.7 Å². The molecule has 8 rings (SSSR count). The number of pyridine rings is 2. The summed E-state index contributed by atoms with van der Waals surface area (Å²) in [5.41, 5.74) is 11.8. The molecule has 5 heterocycles. The van der Waals surface area contributed by atoms with Crippen LogP contribution in [0.5, 0.6) is 5.75 Å². The van der Waals surface area contributed by atoms with Crippen LogP contribution in [0.1, 0.15) is 44.3 Å². The first-order chi connectivity index (χ1) is 23.0. The largest absolute Gasteiger partial charge is 0.507 e. The second-order valence-corrected chi connectivity index (χ2v) is 11.1. The average Bonchev–Trinajstić information content (AvgIpc) is 3.91. The molecule has 2 aromatic carbocycles. The van der Waals surface area contributed by atoms with Gasteiger partial charge in [0.15, 0.2) is 23.6 Å². The topological polar surface area (TPSA) is 172 Å². The number of amides is 1. The van der Waals surface area contributed by atoms with Crippen LogP contribution in [0.15, 0.2) is 97.7 Å². The van der Waals surface area contributed by atoms with Crippen molar-refractivity contribution in [3.05, 3.63) is 120 Å². The summed E-state index contributed by atoms with van der Waals surface area (Å²) in [5.74, 6) is 0.974. The number of nitrogens with one attached hydrogen (secondary N) is 1. The molecule has 0 saturated carbocycles. The first-order valence-electron chi connectivity index (χ1n) is 14.8. The van der Waals surface area contributed by atoms with Gasteiger partial charge in [0.2, 0.25) is 0 Å². The molecule has 0 radical (unpaired) electrons. The molecule has 0 aliphatic heterocycles. The molecular weight excluding hydrogens is 596 g/mol. The second kappa shape index (κ2) is 11.1. The van der Waals surface area contributed by atoms with Crippen LogP contribution in [-0.4, -0.2) is 56.4 Å². The number of nitrogens with zero attached hydrogens (tertiary/aromatic N) is 8. The molecule has 7 aromatic rings. The SMILES string of the molecule is Nc1ncccc1-c1nc2ccc(-n3cccn3)nc2n1-c1ccc2c(c1)CC[C@@H]2NC(=O)c1cc(C=O)c(O)cc1-n1cccn1. The van der Waals surface area contributed by atoms with E-state index in [1.807, 2.05) is 53.2 Å². The number of phenols is 1. The first kappa shape index (κ1) is 27.9. The molecule has 0 saturated heterocycles. The third-order valence-corrected chi connectivity index (χ3v) is 8.34. The molecule has 47 heavy (non-hydrogen) atoms. The zero-order valence-corrected chi connectivity index (χ0v) is 24.7. The molecule has 0 bridgehead atoms. The van der Waals surface area contributed by atoms with Gasteiger partial charge in [0.1, 0.15) is 17.1 Å². The van der Waals surface area contributed by atoms with Gasteiger partial charge in [-0.2, -0.15) is 10.2 Å². The van der Waals surface area contributed by atoms with Crippen LogP contribution in [0.4, 0.5) is 5.82 Å². The second-order valence-electron chi connectivity index (χ2n) is 11.1. The number of hydrogen-bond acceptors (Lipinski definition) is 9. The fourth-order valence-electron chi connectivity index (χ4n) is 6.11. The number of fused-ring (bicyclic) bond motifs is 2. The Hall–Kier alpha value is -6.63. The van der Waals surface area contributed by atoms with Gasteiger partial charge in [-0.05, 0) is 78.6 Å². The quantitative estimate of drug-likeness (QED) is 0.218. The van der Waals surface area contributed by atoms with E-state index in [-0.39, 0.29) is 28.8 Å². The average molecular weight is 623 g/mol. The molecule has 5 aromatic heterocycles. The highest BCUT2D eigenvalue weighted by molar-refractivity contribution is 6.00. The Morgan fingerprint density at radius 2 is 1.79 bits per heavy atom. The van der Waals surface area contributed by atoms with Gasteiger partial charge in [0.25, 0.3) is 5.91 Å². The molecular formula is C34H26N10O3. The van der Waals surface area contributed by atoms with Crippen molar-refractivity contribution in [3.63, 3.8) is 0 Å². The lowest BCUT2D eigenvalue weighted by atomic mass is 10.0. The van der Waals surface area contributed by atoms with Crippen LogP contribution in [0, 0.1) is 0 Å². The Bertz CT molecular complexity index is 2310. The predicted molar refractivity (Wildman–Crippen MR) is 173 cm³/mol. The molecule has 13 nitrogen and oxygen atoms in total. The lowest BCUT2D eigenvalue weighted by molar-refractivity contribution is 0.0936. The van der Waals surface area contributed by atoms with Crippen molar-refractivity contribution in [1.82, 2.24) is 44.4 Å². The number of imidazole rings is 1. The van der Waals surface area contributed by atoms with Crippen LogP contribution in [0.2, 0.25) is 0 Å². The molecule has 1 aliphatic carbocycles. The van der Waals surface area contributed by atoms with Crippen LogP contribution >= 0.6 is 0 Å². The molecule has 1 aliphatic rings. The van der Waals surface area contributed by atoms with E-state index >= 15 is 0 Å². The van der Waals surface area contributed by atoms with E-state index in [0.29, 0.717) is 52.6 Å². The molecule has 0 unspecified atom stereocenters. The number of aromatic nitrogens is 8. The number of aryl methyl sites for hydroxylation is 1. The van der Waals surface area contributed by atoms with Crippen molar-refractivity contribution in [2.24, 2.45) is 0 Å². The molecule has 1 amide bonds. The predicted octanol–water partition coefficient (Wildman–Crippen LogP) is 4.37. The Labute approximate surface area is 267 Å². The number of phenolic OH excluding ortho intramolecular Hbond substituents is 1. The minimum Gasteiger partial charge on any atom is -0.507 e. The summed E-state index contributed by atoms with van der Waals surface area (Å²) >= 11 is 0. The number of benzene rings is 2. The number of carbonyl (C=O) groups is 2. The Morgan fingerprint density at radius 3 is 2.55 bits per heavy atom. The number of aromatic hydroxyl groups is 1. The Kier molecular flexibility index (Phi) is 6.57. The molecule has 230 valence electrons. The number of rotatable bonds is 7. The summed E-state index contributed by atoms with van der Waals surface area (Å²) in [6.45, 7) is 0. The van der Waals surface area contributed by atoms with Crippen molar-refractivity contribution >= 4 is 29.2 Å².